The monoisotopic (exact) mass is 597 g/mol. The van der Waals surface area contributed by atoms with Crippen LogP contribution in [-0.4, -0.2) is 46.9 Å². The number of esters is 1. The van der Waals surface area contributed by atoms with E-state index in [4.69, 9.17) is 4.74 Å². The zero-order valence-electron chi connectivity index (χ0n) is 24.6. The number of H-pyrrole nitrogens is 1. The second-order valence-corrected chi connectivity index (χ2v) is 12.0. The summed E-state index contributed by atoms with van der Waals surface area (Å²) in [6, 6.07) is 20.7. The molecule has 2 heterocycles. The molecule has 0 spiro atoms. The average Bonchev–Trinajstić information content (AvgIpc) is 3.67. The van der Waals surface area contributed by atoms with Crippen molar-refractivity contribution in [2.45, 2.75) is 56.7 Å². The molecule has 1 aliphatic carbocycles. The fourth-order valence-corrected chi connectivity index (χ4v) is 6.90. The maximum atomic E-state index is 13.7. The first-order valence-electron chi connectivity index (χ1n) is 15.4. The van der Waals surface area contributed by atoms with Crippen molar-refractivity contribution in [1.82, 2.24) is 15.2 Å². The molecule has 3 atom stereocenters. The second-order valence-electron chi connectivity index (χ2n) is 12.0. The van der Waals surface area contributed by atoms with Crippen molar-refractivity contribution in [3.05, 3.63) is 113 Å². The van der Waals surface area contributed by atoms with E-state index in [0.29, 0.717) is 12.3 Å². The normalized spacial score (nSPS) is 20.2. The summed E-state index contributed by atoms with van der Waals surface area (Å²) in [6.07, 6.45) is 8.90. The summed E-state index contributed by atoms with van der Waals surface area (Å²) in [5.41, 5.74) is 3.70. The summed E-state index contributed by atoms with van der Waals surface area (Å²) >= 11 is 0. The van der Waals surface area contributed by atoms with Crippen LogP contribution in [0.3, 0.4) is 0 Å². The minimum absolute atomic E-state index is 0.0366. The van der Waals surface area contributed by atoms with E-state index in [2.05, 4.69) is 39.6 Å². The Labute approximate surface area is 256 Å². The van der Waals surface area contributed by atoms with Gasteiger partial charge in [-0.25, -0.2) is 8.78 Å². The highest BCUT2D eigenvalue weighted by Crippen LogP contribution is 2.37. The summed E-state index contributed by atoms with van der Waals surface area (Å²) in [5.74, 6) is -1.49. The molecule has 2 aliphatic rings. The Balaban J connectivity index is 1.11. The number of rotatable bonds is 9. The van der Waals surface area contributed by atoms with Crippen LogP contribution in [0.5, 0.6) is 0 Å². The number of carbonyl (C=O) groups is 2. The number of benzene rings is 3. The van der Waals surface area contributed by atoms with E-state index in [1.807, 2.05) is 36.4 Å². The lowest BCUT2D eigenvalue weighted by Crippen LogP contribution is -2.50. The molecule has 3 aromatic carbocycles. The maximum absolute atomic E-state index is 13.7. The Morgan fingerprint density at radius 2 is 1.68 bits per heavy atom. The van der Waals surface area contributed by atoms with Gasteiger partial charge in [0.1, 0.15) is 24.3 Å². The molecule has 1 aliphatic heterocycles. The zero-order chi connectivity index (χ0) is 30.5. The number of aromatic nitrogens is 1. The lowest BCUT2D eigenvalue weighted by atomic mass is 9.87. The predicted octanol–water partition coefficient (Wildman–Crippen LogP) is 6.74. The molecule has 2 fully saturated rings. The first kappa shape index (κ1) is 29.8. The second kappa shape index (κ2) is 13.6. The van der Waals surface area contributed by atoms with Crippen LogP contribution in [-0.2, 0) is 20.9 Å². The van der Waals surface area contributed by atoms with Crippen LogP contribution in [0.2, 0.25) is 0 Å². The molecule has 1 amide bonds. The van der Waals surface area contributed by atoms with Gasteiger partial charge in [0.25, 0.3) is 0 Å². The third-order valence-electron chi connectivity index (χ3n) is 9.03. The molecular weight excluding hydrogens is 560 g/mol. The minimum atomic E-state index is -0.695. The first-order valence-corrected chi connectivity index (χ1v) is 15.4. The fraction of sp³-hybridized carbons (Fsp3) is 0.333. The van der Waals surface area contributed by atoms with Crippen LogP contribution in [0.25, 0.3) is 17.0 Å². The molecule has 1 aromatic heterocycles. The summed E-state index contributed by atoms with van der Waals surface area (Å²) in [7, 11) is 0. The number of ether oxygens (including phenoxy) is 1. The quantitative estimate of drug-likeness (QED) is 0.166. The Bertz CT molecular complexity index is 1610. The van der Waals surface area contributed by atoms with Gasteiger partial charge in [0, 0.05) is 35.3 Å². The molecule has 228 valence electrons. The molecule has 6 nitrogen and oxygen atoms in total. The Hall–Kier alpha value is -4.30. The molecule has 0 radical (unpaired) electrons. The van der Waals surface area contributed by atoms with Crippen molar-refractivity contribution in [2.75, 3.05) is 13.1 Å². The zero-order valence-corrected chi connectivity index (χ0v) is 24.6. The molecule has 4 aromatic rings. The van der Waals surface area contributed by atoms with Gasteiger partial charge in [-0.3, -0.25) is 14.5 Å². The van der Waals surface area contributed by atoms with Crippen LogP contribution in [0, 0.1) is 17.6 Å². The van der Waals surface area contributed by atoms with Gasteiger partial charge in [-0.1, -0.05) is 48.5 Å². The summed E-state index contributed by atoms with van der Waals surface area (Å²) in [6.45, 7) is 1.80. The smallest absolute Gasteiger partial charge is 0.323 e. The molecule has 44 heavy (non-hydrogen) atoms. The summed E-state index contributed by atoms with van der Waals surface area (Å²) < 4.78 is 32.9. The van der Waals surface area contributed by atoms with Gasteiger partial charge in [-0.15, -0.1) is 0 Å². The molecule has 6 rings (SSSR count). The molecular formula is C36H37F2N3O3. The van der Waals surface area contributed by atoms with Crippen molar-refractivity contribution in [2.24, 2.45) is 5.92 Å². The fourth-order valence-electron chi connectivity index (χ4n) is 6.90. The maximum Gasteiger partial charge on any atom is 0.323 e. The number of para-hydroxylation sites is 1. The molecule has 2 N–H and O–H groups in total. The van der Waals surface area contributed by atoms with E-state index < -0.39 is 17.7 Å². The van der Waals surface area contributed by atoms with Gasteiger partial charge >= 0.3 is 5.97 Å². The van der Waals surface area contributed by atoms with Crippen molar-refractivity contribution in [1.29, 1.82) is 0 Å². The summed E-state index contributed by atoms with van der Waals surface area (Å²) in [5, 5.41) is 4.28. The van der Waals surface area contributed by atoms with Crippen molar-refractivity contribution in [3.8, 4) is 0 Å². The number of fused-ring (bicyclic) bond motifs is 1. The van der Waals surface area contributed by atoms with E-state index in [0.717, 1.165) is 55.9 Å². The molecule has 0 unspecified atom stereocenters. The number of likely N-dealkylation sites (tertiary alicyclic amines) is 1. The topological polar surface area (TPSA) is 74.4 Å². The Morgan fingerprint density at radius 1 is 0.955 bits per heavy atom. The third-order valence-corrected chi connectivity index (χ3v) is 9.03. The van der Waals surface area contributed by atoms with E-state index in [9.17, 15) is 18.4 Å². The predicted molar refractivity (Wildman–Crippen MR) is 167 cm³/mol. The molecule has 8 heteroatoms. The lowest BCUT2D eigenvalue weighted by molar-refractivity contribution is -0.154. The van der Waals surface area contributed by atoms with Gasteiger partial charge in [-0.2, -0.15) is 0 Å². The minimum Gasteiger partial charge on any atom is -0.460 e. The van der Waals surface area contributed by atoms with E-state index >= 15 is 0 Å². The number of nitrogens with one attached hydrogen (secondary N) is 2. The largest absolute Gasteiger partial charge is 0.460 e. The van der Waals surface area contributed by atoms with Crippen molar-refractivity contribution in [3.63, 3.8) is 0 Å². The SMILES string of the molecule is O=C(/C=C/c1cc(F)cc(F)c1)N[C@H]1CC[C@@H]([C@H](C(=O)OCc2ccccc2)N2CCC(c3c[nH]c4ccccc34)CC2)C1. The van der Waals surface area contributed by atoms with Gasteiger partial charge in [0.2, 0.25) is 5.91 Å². The van der Waals surface area contributed by atoms with Crippen molar-refractivity contribution >= 4 is 28.9 Å². The number of aromatic amines is 1. The number of carbonyl (C=O) groups excluding carboxylic acids is 2. The molecule has 0 bridgehead atoms. The highest BCUT2D eigenvalue weighted by atomic mass is 19.1. The Morgan fingerprint density at radius 3 is 2.45 bits per heavy atom. The standard InChI is InChI=1S/C36H37F2N3O3/c37-28-18-25(19-29(38)21-28)10-13-34(42)40-30-12-11-27(20-30)35(36(43)44-23-24-6-2-1-3-7-24)41-16-14-26(15-17-41)32-22-39-33-9-5-4-8-31(32)33/h1-10,13,18-19,21-22,26-27,30,35,39H,11-12,14-17,20,23H2,(H,40,42)/b13-10+/t27-,30+,35-/m1/s1. The number of hydrogen-bond acceptors (Lipinski definition) is 4. The number of nitrogens with zero attached hydrogens (tertiary/aromatic N) is 1. The van der Waals surface area contributed by atoms with Crippen LogP contribution in [0.1, 0.15) is 54.7 Å². The first-order chi connectivity index (χ1) is 21.4. The third kappa shape index (κ3) is 7.08. The van der Waals surface area contributed by atoms with Crippen molar-refractivity contribution < 1.29 is 23.1 Å². The number of piperidine rings is 1. The molecule has 1 saturated heterocycles. The number of halogens is 2. The number of hydrogen-bond donors (Lipinski definition) is 2. The highest BCUT2D eigenvalue weighted by molar-refractivity contribution is 5.92. The number of amides is 1. The van der Waals surface area contributed by atoms with Gasteiger partial charge in [0.15, 0.2) is 0 Å². The van der Waals surface area contributed by atoms with Gasteiger partial charge < -0.3 is 15.0 Å². The van der Waals surface area contributed by atoms with Crippen LogP contribution in [0.4, 0.5) is 8.78 Å². The van der Waals surface area contributed by atoms with Crippen LogP contribution in [0.15, 0.2) is 85.1 Å². The lowest BCUT2D eigenvalue weighted by Gasteiger charge is -2.39. The van der Waals surface area contributed by atoms with Crippen LogP contribution < -0.4 is 5.32 Å². The van der Waals surface area contributed by atoms with E-state index in [-0.39, 0.29) is 36.0 Å². The highest BCUT2D eigenvalue weighted by Gasteiger charge is 2.41. The van der Waals surface area contributed by atoms with E-state index in [1.165, 1.54) is 35.2 Å². The summed E-state index contributed by atoms with van der Waals surface area (Å²) in [4.78, 5) is 32.0. The van der Waals surface area contributed by atoms with Crippen LogP contribution >= 0.6 is 0 Å². The van der Waals surface area contributed by atoms with Gasteiger partial charge in [0.05, 0.1) is 0 Å². The average molecular weight is 598 g/mol. The Kier molecular flexibility index (Phi) is 9.17. The van der Waals surface area contributed by atoms with Gasteiger partial charge in [-0.05, 0) is 98.0 Å². The molecule has 1 saturated carbocycles. The van der Waals surface area contributed by atoms with E-state index in [1.54, 1.807) is 0 Å².